The van der Waals surface area contributed by atoms with Gasteiger partial charge in [0.2, 0.25) is 11.1 Å². The van der Waals surface area contributed by atoms with E-state index in [9.17, 15) is 4.79 Å². The van der Waals surface area contributed by atoms with E-state index in [2.05, 4.69) is 31.1 Å². The largest absolute Gasteiger partial charge is 0.497 e. The van der Waals surface area contributed by atoms with E-state index in [1.54, 1.807) is 26.0 Å². The number of nitrogens with one attached hydrogen (secondary N) is 1. The van der Waals surface area contributed by atoms with Gasteiger partial charge in [0.05, 0.1) is 14.2 Å². The van der Waals surface area contributed by atoms with Gasteiger partial charge < -0.3 is 14.8 Å². The van der Waals surface area contributed by atoms with Crippen molar-refractivity contribution < 1.29 is 14.3 Å². The minimum atomic E-state index is -0.409. The molecule has 29 heavy (non-hydrogen) atoms. The van der Waals surface area contributed by atoms with E-state index < -0.39 is 6.04 Å². The van der Waals surface area contributed by atoms with Gasteiger partial charge in [-0.3, -0.25) is 4.79 Å². The average Bonchev–Trinajstić information content (AvgIpc) is 3.07. The number of rotatable bonds is 5. The van der Waals surface area contributed by atoms with Crippen LogP contribution >= 0.6 is 11.8 Å². The van der Waals surface area contributed by atoms with Crippen LogP contribution in [-0.2, 0) is 4.79 Å². The molecule has 0 amide bonds. The van der Waals surface area contributed by atoms with Gasteiger partial charge in [-0.2, -0.15) is 4.98 Å². The number of carbonyl (C=O) groups excluding carboxylic acids is 1. The van der Waals surface area contributed by atoms with E-state index in [1.807, 2.05) is 22.9 Å². The van der Waals surface area contributed by atoms with E-state index in [4.69, 9.17) is 14.6 Å². The molecule has 2 heterocycles. The molecule has 154 valence electrons. The van der Waals surface area contributed by atoms with Crippen LogP contribution in [0, 0.1) is 5.41 Å². The first-order valence-electron chi connectivity index (χ1n) is 9.71. The van der Waals surface area contributed by atoms with Crippen LogP contribution in [-0.4, -0.2) is 40.5 Å². The summed E-state index contributed by atoms with van der Waals surface area (Å²) in [6.07, 6.45) is 1.27. The molecule has 1 aliphatic carbocycles. The van der Waals surface area contributed by atoms with Crippen molar-refractivity contribution in [3.8, 4) is 11.5 Å². The van der Waals surface area contributed by atoms with Crippen LogP contribution < -0.4 is 14.8 Å². The van der Waals surface area contributed by atoms with Gasteiger partial charge in [-0.1, -0.05) is 32.5 Å². The minimum Gasteiger partial charge on any atom is -0.497 e. The van der Waals surface area contributed by atoms with Crippen LogP contribution in [0.2, 0.25) is 0 Å². The summed E-state index contributed by atoms with van der Waals surface area (Å²) in [6.45, 7) is 6.31. The summed E-state index contributed by atoms with van der Waals surface area (Å²) in [6, 6.07) is 5.23. The summed E-state index contributed by atoms with van der Waals surface area (Å²) in [5.41, 5.74) is 2.40. The Bertz CT molecular complexity index is 996. The van der Waals surface area contributed by atoms with E-state index in [0.717, 1.165) is 29.0 Å². The fourth-order valence-corrected chi connectivity index (χ4v) is 4.68. The predicted molar refractivity (Wildman–Crippen MR) is 113 cm³/mol. The standard InChI is InChI=1S/C21H26N4O3S/c1-6-29-20-23-19-22-14-10-21(2,3)11-15(26)17(14)18(25(19)24-20)13-9-12(27-4)7-8-16(13)28-5/h7-9,18H,6,10-11H2,1-5H3,(H,22,23,24)/t18-/m1/s1. The Balaban J connectivity index is 1.94. The molecular weight excluding hydrogens is 388 g/mol. The fraction of sp³-hybridized carbons (Fsp3) is 0.476. The Morgan fingerprint density at radius 2 is 2.07 bits per heavy atom. The number of aromatic nitrogens is 3. The van der Waals surface area contributed by atoms with Crippen LogP contribution in [0.5, 0.6) is 11.5 Å². The Hall–Kier alpha value is -2.48. The molecular formula is C21H26N4O3S. The van der Waals surface area contributed by atoms with Crippen molar-refractivity contribution in [2.24, 2.45) is 5.41 Å². The number of Topliss-reactive ketones (excluding diaryl/α,β-unsaturated/α-hetero) is 1. The normalized spacial score (nSPS) is 20.0. The van der Waals surface area contributed by atoms with Crippen LogP contribution in [0.3, 0.4) is 0 Å². The van der Waals surface area contributed by atoms with Crippen molar-refractivity contribution in [2.75, 3.05) is 25.3 Å². The molecule has 0 saturated carbocycles. The Labute approximate surface area is 174 Å². The number of fused-ring (bicyclic) bond motifs is 1. The van der Waals surface area contributed by atoms with Crippen molar-refractivity contribution in [2.45, 2.75) is 44.8 Å². The summed E-state index contributed by atoms with van der Waals surface area (Å²) < 4.78 is 12.9. The second kappa shape index (κ2) is 7.40. The SMILES string of the molecule is CCSc1nc2n(n1)[C@H](c1cc(OC)ccc1OC)C1=C(CC(C)(C)CC1=O)N2. The number of nitrogens with zero attached hydrogens (tertiary/aromatic N) is 3. The molecule has 0 bridgehead atoms. The first kappa shape index (κ1) is 19.8. The molecule has 1 aromatic carbocycles. The average molecular weight is 415 g/mol. The summed E-state index contributed by atoms with van der Waals surface area (Å²) in [5.74, 6) is 3.04. The van der Waals surface area contributed by atoms with Gasteiger partial charge in [0, 0.05) is 23.3 Å². The molecule has 0 fully saturated rings. The second-order valence-electron chi connectivity index (χ2n) is 8.06. The number of benzene rings is 1. The molecule has 4 rings (SSSR count). The first-order chi connectivity index (χ1) is 13.9. The zero-order valence-electron chi connectivity index (χ0n) is 17.4. The lowest BCUT2D eigenvalue weighted by Gasteiger charge is -2.38. The maximum Gasteiger partial charge on any atom is 0.227 e. The quantitative estimate of drug-likeness (QED) is 0.739. The molecule has 2 aliphatic rings. The van der Waals surface area contributed by atoms with Crippen LogP contribution in [0.4, 0.5) is 5.95 Å². The van der Waals surface area contributed by atoms with Gasteiger partial charge in [0.25, 0.3) is 0 Å². The topological polar surface area (TPSA) is 78.3 Å². The zero-order chi connectivity index (χ0) is 20.8. The molecule has 0 unspecified atom stereocenters. The molecule has 8 heteroatoms. The number of anilines is 1. The van der Waals surface area contributed by atoms with Gasteiger partial charge in [-0.05, 0) is 35.8 Å². The van der Waals surface area contributed by atoms with Gasteiger partial charge in [0.15, 0.2) is 5.78 Å². The molecule has 0 saturated heterocycles. The molecule has 1 aromatic heterocycles. The molecule has 1 aliphatic heterocycles. The van der Waals surface area contributed by atoms with Crippen molar-refractivity contribution in [3.63, 3.8) is 0 Å². The molecule has 2 aromatic rings. The number of hydrogen-bond donors (Lipinski definition) is 1. The number of ketones is 1. The smallest absolute Gasteiger partial charge is 0.227 e. The predicted octanol–water partition coefficient (Wildman–Crippen LogP) is 4.07. The Kier molecular flexibility index (Phi) is 5.06. The molecule has 1 N–H and O–H groups in total. The third-order valence-corrected chi connectivity index (χ3v) is 6.04. The number of carbonyl (C=O) groups is 1. The fourth-order valence-electron chi connectivity index (χ4n) is 4.12. The van der Waals surface area contributed by atoms with Gasteiger partial charge in [0.1, 0.15) is 17.5 Å². The lowest BCUT2D eigenvalue weighted by Crippen LogP contribution is -2.36. The van der Waals surface area contributed by atoms with E-state index in [1.165, 1.54) is 0 Å². The van der Waals surface area contributed by atoms with E-state index in [-0.39, 0.29) is 11.2 Å². The third-order valence-electron chi connectivity index (χ3n) is 5.32. The minimum absolute atomic E-state index is 0.102. The van der Waals surface area contributed by atoms with Gasteiger partial charge in [-0.25, -0.2) is 4.68 Å². The highest BCUT2D eigenvalue weighted by Crippen LogP contribution is 2.47. The Morgan fingerprint density at radius 3 is 2.76 bits per heavy atom. The van der Waals surface area contributed by atoms with Crippen LogP contribution in [0.25, 0.3) is 0 Å². The molecule has 7 nitrogen and oxygen atoms in total. The molecule has 1 atom stereocenters. The van der Waals surface area contributed by atoms with Gasteiger partial charge >= 0.3 is 0 Å². The summed E-state index contributed by atoms with van der Waals surface area (Å²) >= 11 is 1.58. The summed E-state index contributed by atoms with van der Waals surface area (Å²) in [5, 5.41) is 8.79. The maximum atomic E-state index is 13.3. The number of methoxy groups -OCH3 is 2. The number of thioether (sulfide) groups is 1. The summed E-state index contributed by atoms with van der Waals surface area (Å²) in [4.78, 5) is 18.0. The van der Waals surface area contributed by atoms with E-state index >= 15 is 0 Å². The maximum absolute atomic E-state index is 13.3. The number of hydrogen-bond acceptors (Lipinski definition) is 7. The lowest BCUT2D eigenvalue weighted by atomic mass is 9.73. The van der Waals surface area contributed by atoms with Crippen molar-refractivity contribution in [1.29, 1.82) is 0 Å². The molecule has 0 radical (unpaired) electrons. The number of allylic oxidation sites excluding steroid dienone is 2. The van der Waals surface area contributed by atoms with Crippen molar-refractivity contribution >= 4 is 23.5 Å². The summed E-state index contributed by atoms with van der Waals surface area (Å²) in [7, 11) is 3.26. The highest BCUT2D eigenvalue weighted by Gasteiger charge is 2.42. The number of ether oxygens (including phenoxy) is 2. The monoisotopic (exact) mass is 414 g/mol. The van der Waals surface area contributed by atoms with Crippen molar-refractivity contribution in [1.82, 2.24) is 14.8 Å². The molecule has 0 spiro atoms. The van der Waals surface area contributed by atoms with Gasteiger partial charge in [-0.15, -0.1) is 5.10 Å². The van der Waals surface area contributed by atoms with Crippen LogP contribution in [0.15, 0.2) is 34.6 Å². The zero-order valence-corrected chi connectivity index (χ0v) is 18.2. The van der Waals surface area contributed by atoms with Crippen molar-refractivity contribution in [3.05, 3.63) is 35.0 Å². The second-order valence-corrected chi connectivity index (χ2v) is 9.30. The third kappa shape index (κ3) is 3.50. The highest BCUT2D eigenvalue weighted by molar-refractivity contribution is 7.99. The lowest BCUT2D eigenvalue weighted by molar-refractivity contribution is -0.118. The van der Waals surface area contributed by atoms with E-state index in [0.29, 0.717) is 29.0 Å². The van der Waals surface area contributed by atoms with Crippen LogP contribution in [0.1, 0.15) is 45.2 Å². The Morgan fingerprint density at radius 1 is 1.28 bits per heavy atom. The highest BCUT2D eigenvalue weighted by atomic mass is 32.2. The first-order valence-corrected chi connectivity index (χ1v) is 10.7.